The number of aliphatic carboxylic acids is 1. The molecule has 8 heteroatoms. The van der Waals surface area contributed by atoms with Crippen molar-refractivity contribution in [3.8, 4) is 5.69 Å². The third-order valence-electron chi connectivity index (χ3n) is 5.22. The Kier molecular flexibility index (Phi) is 4.54. The van der Waals surface area contributed by atoms with Crippen molar-refractivity contribution in [3.05, 3.63) is 47.9 Å². The lowest BCUT2D eigenvalue weighted by Crippen LogP contribution is -2.45. The quantitative estimate of drug-likeness (QED) is 0.749. The van der Waals surface area contributed by atoms with Gasteiger partial charge in [0.1, 0.15) is 0 Å². The van der Waals surface area contributed by atoms with Gasteiger partial charge in [-0.05, 0) is 43.5 Å². The van der Waals surface area contributed by atoms with E-state index in [1.165, 1.54) is 0 Å². The number of likely N-dealkylation sites (tertiary alicyclic amines) is 1. The number of benzene rings is 1. The fourth-order valence-corrected chi connectivity index (χ4v) is 3.81. The SMILES string of the molecule is Cc1c(C(=O)N2CC(C)CC(C(=O)O)C2)nnn1-c1ccc2ncccc2c1. The summed E-state index contributed by atoms with van der Waals surface area (Å²) < 4.78 is 1.63. The molecule has 0 bridgehead atoms. The normalized spacial score (nSPS) is 19.7. The lowest BCUT2D eigenvalue weighted by molar-refractivity contribution is -0.143. The Morgan fingerprint density at radius 2 is 2.04 bits per heavy atom. The van der Waals surface area contributed by atoms with E-state index in [4.69, 9.17) is 0 Å². The highest BCUT2D eigenvalue weighted by molar-refractivity contribution is 5.94. The number of carbonyl (C=O) groups excluding carboxylic acids is 1. The number of amides is 1. The minimum Gasteiger partial charge on any atom is -0.481 e. The monoisotopic (exact) mass is 379 g/mol. The molecule has 1 saturated heterocycles. The highest BCUT2D eigenvalue weighted by Gasteiger charge is 2.34. The van der Waals surface area contributed by atoms with Crippen LogP contribution in [0.1, 0.15) is 29.5 Å². The smallest absolute Gasteiger partial charge is 0.308 e. The summed E-state index contributed by atoms with van der Waals surface area (Å²) in [6, 6.07) is 9.56. The molecular weight excluding hydrogens is 358 g/mol. The summed E-state index contributed by atoms with van der Waals surface area (Å²) in [6.07, 6.45) is 2.32. The largest absolute Gasteiger partial charge is 0.481 e. The van der Waals surface area contributed by atoms with Crippen LogP contribution in [0.25, 0.3) is 16.6 Å². The topological polar surface area (TPSA) is 101 Å². The molecular formula is C20H21N5O3. The van der Waals surface area contributed by atoms with Gasteiger partial charge in [-0.3, -0.25) is 14.6 Å². The molecule has 0 radical (unpaired) electrons. The van der Waals surface area contributed by atoms with Crippen molar-refractivity contribution in [2.45, 2.75) is 20.3 Å². The molecule has 1 aliphatic heterocycles. The third kappa shape index (κ3) is 3.21. The van der Waals surface area contributed by atoms with E-state index in [-0.39, 0.29) is 24.1 Å². The van der Waals surface area contributed by atoms with Crippen molar-refractivity contribution < 1.29 is 14.7 Å². The van der Waals surface area contributed by atoms with Crippen molar-refractivity contribution in [2.24, 2.45) is 11.8 Å². The second kappa shape index (κ2) is 7.03. The standard InChI is InChI=1S/C20H21N5O3/c1-12-8-15(20(27)28)11-24(10-12)19(26)18-13(2)25(23-22-18)16-5-6-17-14(9-16)4-3-7-21-17/h3-7,9,12,15H,8,10-11H2,1-2H3,(H,27,28). The fraction of sp³-hybridized carbons (Fsp3) is 0.350. The van der Waals surface area contributed by atoms with Crippen LogP contribution >= 0.6 is 0 Å². The van der Waals surface area contributed by atoms with Gasteiger partial charge in [0.25, 0.3) is 5.91 Å². The molecule has 1 aliphatic rings. The van der Waals surface area contributed by atoms with E-state index in [0.29, 0.717) is 18.7 Å². The van der Waals surface area contributed by atoms with Gasteiger partial charge >= 0.3 is 5.97 Å². The molecule has 1 N–H and O–H groups in total. The lowest BCUT2D eigenvalue weighted by atomic mass is 9.90. The molecule has 0 saturated carbocycles. The van der Waals surface area contributed by atoms with E-state index in [1.54, 1.807) is 22.7 Å². The Bertz CT molecular complexity index is 1060. The molecule has 2 aromatic heterocycles. The average Bonchev–Trinajstić information content (AvgIpc) is 3.07. The molecule has 1 amide bonds. The van der Waals surface area contributed by atoms with Crippen LogP contribution in [-0.2, 0) is 4.79 Å². The molecule has 3 heterocycles. The zero-order valence-corrected chi connectivity index (χ0v) is 15.7. The molecule has 1 aromatic carbocycles. The fourth-order valence-electron chi connectivity index (χ4n) is 3.81. The minimum atomic E-state index is -0.866. The first-order valence-corrected chi connectivity index (χ1v) is 9.23. The number of carbonyl (C=O) groups is 2. The first-order valence-electron chi connectivity index (χ1n) is 9.23. The molecule has 3 aromatic rings. The van der Waals surface area contributed by atoms with Gasteiger partial charge in [0.15, 0.2) is 5.69 Å². The average molecular weight is 379 g/mol. The second-order valence-electron chi connectivity index (χ2n) is 7.40. The molecule has 4 rings (SSSR count). The molecule has 28 heavy (non-hydrogen) atoms. The Hall–Kier alpha value is -3.29. The Balaban J connectivity index is 1.64. The van der Waals surface area contributed by atoms with Crippen LogP contribution in [0.5, 0.6) is 0 Å². The van der Waals surface area contributed by atoms with Crippen LogP contribution < -0.4 is 0 Å². The van der Waals surface area contributed by atoms with Gasteiger partial charge in [0, 0.05) is 24.7 Å². The maximum absolute atomic E-state index is 13.0. The van der Waals surface area contributed by atoms with E-state index < -0.39 is 11.9 Å². The van der Waals surface area contributed by atoms with Crippen molar-refractivity contribution >= 4 is 22.8 Å². The number of fused-ring (bicyclic) bond motifs is 1. The third-order valence-corrected chi connectivity index (χ3v) is 5.22. The first kappa shape index (κ1) is 18.1. The summed E-state index contributed by atoms with van der Waals surface area (Å²) >= 11 is 0. The van der Waals surface area contributed by atoms with E-state index >= 15 is 0 Å². The van der Waals surface area contributed by atoms with Crippen LogP contribution in [0.15, 0.2) is 36.5 Å². The molecule has 2 atom stereocenters. The second-order valence-corrected chi connectivity index (χ2v) is 7.40. The van der Waals surface area contributed by atoms with Crippen molar-refractivity contribution in [1.82, 2.24) is 24.9 Å². The van der Waals surface area contributed by atoms with E-state index in [9.17, 15) is 14.7 Å². The van der Waals surface area contributed by atoms with Crippen LogP contribution in [0.4, 0.5) is 0 Å². The predicted molar refractivity (Wildman–Crippen MR) is 102 cm³/mol. The molecule has 0 spiro atoms. The number of rotatable bonds is 3. The van der Waals surface area contributed by atoms with Gasteiger partial charge < -0.3 is 10.0 Å². The number of carboxylic acid groups (broad SMARTS) is 1. The Morgan fingerprint density at radius 1 is 1.21 bits per heavy atom. The van der Waals surface area contributed by atoms with Gasteiger partial charge in [0.05, 0.1) is 22.8 Å². The number of hydrogen-bond donors (Lipinski definition) is 1. The van der Waals surface area contributed by atoms with Gasteiger partial charge in [-0.25, -0.2) is 4.68 Å². The van der Waals surface area contributed by atoms with Crippen molar-refractivity contribution in [3.63, 3.8) is 0 Å². The number of pyridine rings is 1. The van der Waals surface area contributed by atoms with Crippen molar-refractivity contribution in [1.29, 1.82) is 0 Å². The number of carboxylic acids is 1. The first-order chi connectivity index (χ1) is 13.4. The van der Waals surface area contributed by atoms with Crippen LogP contribution in [0, 0.1) is 18.8 Å². The summed E-state index contributed by atoms with van der Waals surface area (Å²) in [5.41, 5.74) is 2.55. The van der Waals surface area contributed by atoms with Crippen LogP contribution in [0.3, 0.4) is 0 Å². The van der Waals surface area contributed by atoms with Crippen LogP contribution in [0.2, 0.25) is 0 Å². The summed E-state index contributed by atoms with van der Waals surface area (Å²) in [5, 5.41) is 18.6. The van der Waals surface area contributed by atoms with E-state index in [2.05, 4.69) is 15.3 Å². The molecule has 144 valence electrons. The lowest BCUT2D eigenvalue weighted by Gasteiger charge is -2.34. The molecule has 2 unspecified atom stereocenters. The van der Waals surface area contributed by atoms with Gasteiger partial charge in [-0.15, -0.1) is 5.10 Å². The zero-order chi connectivity index (χ0) is 19.8. The summed E-state index contributed by atoms with van der Waals surface area (Å²) in [6.45, 7) is 4.48. The number of nitrogens with zero attached hydrogens (tertiary/aromatic N) is 5. The molecule has 1 fully saturated rings. The molecule has 0 aliphatic carbocycles. The van der Waals surface area contributed by atoms with E-state index in [1.807, 2.05) is 37.3 Å². The number of aromatic nitrogens is 4. The Morgan fingerprint density at radius 3 is 2.82 bits per heavy atom. The highest BCUT2D eigenvalue weighted by Crippen LogP contribution is 2.24. The number of hydrogen-bond acceptors (Lipinski definition) is 5. The maximum atomic E-state index is 13.0. The van der Waals surface area contributed by atoms with Crippen LogP contribution in [-0.4, -0.2) is 55.0 Å². The summed E-state index contributed by atoms with van der Waals surface area (Å²) in [7, 11) is 0. The number of piperidine rings is 1. The maximum Gasteiger partial charge on any atom is 0.308 e. The van der Waals surface area contributed by atoms with Crippen molar-refractivity contribution in [2.75, 3.05) is 13.1 Å². The molecule has 8 nitrogen and oxygen atoms in total. The zero-order valence-electron chi connectivity index (χ0n) is 15.7. The van der Waals surface area contributed by atoms with Gasteiger partial charge in [-0.2, -0.15) is 0 Å². The predicted octanol–water partition coefficient (Wildman–Crippen LogP) is 2.31. The highest BCUT2D eigenvalue weighted by atomic mass is 16.4. The van der Waals surface area contributed by atoms with Gasteiger partial charge in [0.2, 0.25) is 0 Å². The van der Waals surface area contributed by atoms with E-state index in [0.717, 1.165) is 16.6 Å². The Labute approximate surface area is 161 Å². The summed E-state index contributed by atoms with van der Waals surface area (Å²) in [4.78, 5) is 30.3. The minimum absolute atomic E-state index is 0.127. The van der Waals surface area contributed by atoms with Gasteiger partial charge in [-0.1, -0.05) is 18.2 Å². The summed E-state index contributed by atoms with van der Waals surface area (Å²) in [5.74, 6) is -1.56.